The highest BCUT2D eigenvalue weighted by Crippen LogP contribution is 2.45. The number of aryl methyl sites for hydroxylation is 1. The first-order chi connectivity index (χ1) is 8.43. The van der Waals surface area contributed by atoms with E-state index in [1.165, 1.54) is 0 Å². The Labute approximate surface area is 105 Å². The van der Waals surface area contributed by atoms with E-state index in [0.29, 0.717) is 16.9 Å². The van der Waals surface area contributed by atoms with Gasteiger partial charge in [-0.05, 0) is 25.5 Å². The molecule has 0 bridgehead atoms. The van der Waals surface area contributed by atoms with E-state index in [0.717, 1.165) is 10.9 Å². The molecule has 3 nitrogen and oxygen atoms in total. The van der Waals surface area contributed by atoms with Crippen LogP contribution in [-0.4, -0.2) is 6.10 Å². The van der Waals surface area contributed by atoms with Crippen molar-refractivity contribution in [3.8, 4) is 5.75 Å². The van der Waals surface area contributed by atoms with Crippen LogP contribution in [0.4, 0.5) is 0 Å². The Morgan fingerprint density at radius 3 is 2.72 bits per heavy atom. The third-order valence-corrected chi connectivity index (χ3v) is 4.05. The van der Waals surface area contributed by atoms with Crippen molar-refractivity contribution in [3.05, 3.63) is 39.7 Å². The molecule has 0 unspecified atom stereocenters. The molecular weight excluding hydrogens is 228 g/mol. The molecule has 2 heterocycles. The van der Waals surface area contributed by atoms with Gasteiger partial charge < -0.3 is 9.15 Å². The maximum Gasteiger partial charge on any atom is 0.343 e. The molecule has 3 rings (SSSR count). The van der Waals surface area contributed by atoms with Gasteiger partial charge in [-0.25, -0.2) is 4.79 Å². The van der Waals surface area contributed by atoms with Crippen LogP contribution < -0.4 is 10.4 Å². The summed E-state index contributed by atoms with van der Waals surface area (Å²) in [4.78, 5) is 12.2. The van der Waals surface area contributed by atoms with E-state index in [1.807, 2.05) is 45.9 Å². The molecule has 1 aromatic heterocycles. The topological polar surface area (TPSA) is 39.4 Å². The van der Waals surface area contributed by atoms with E-state index >= 15 is 0 Å². The summed E-state index contributed by atoms with van der Waals surface area (Å²) in [5.41, 5.74) is 1.74. The number of ether oxygens (including phenoxy) is 1. The van der Waals surface area contributed by atoms with E-state index in [2.05, 4.69) is 0 Å². The second kappa shape index (κ2) is 3.37. The first kappa shape index (κ1) is 11.3. The maximum atomic E-state index is 12.2. The van der Waals surface area contributed by atoms with Crippen molar-refractivity contribution in [1.29, 1.82) is 0 Å². The summed E-state index contributed by atoms with van der Waals surface area (Å²) in [7, 11) is 0. The molecule has 1 aliphatic rings. The summed E-state index contributed by atoms with van der Waals surface area (Å²) in [6.45, 7) is 8.03. The van der Waals surface area contributed by atoms with Gasteiger partial charge in [0.1, 0.15) is 17.4 Å². The van der Waals surface area contributed by atoms with Gasteiger partial charge in [0.15, 0.2) is 0 Å². The van der Waals surface area contributed by atoms with Crippen LogP contribution >= 0.6 is 0 Å². The summed E-state index contributed by atoms with van der Waals surface area (Å²) >= 11 is 0. The van der Waals surface area contributed by atoms with Crippen LogP contribution in [0.25, 0.3) is 11.0 Å². The third-order valence-electron chi connectivity index (χ3n) is 4.05. The highest BCUT2D eigenvalue weighted by molar-refractivity contribution is 5.88. The fourth-order valence-corrected chi connectivity index (χ4v) is 2.59. The number of hydrogen-bond donors (Lipinski definition) is 0. The summed E-state index contributed by atoms with van der Waals surface area (Å²) in [6, 6.07) is 5.70. The van der Waals surface area contributed by atoms with Crippen molar-refractivity contribution in [2.24, 2.45) is 0 Å². The van der Waals surface area contributed by atoms with Gasteiger partial charge in [0.25, 0.3) is 0 Å². The Morgan fingerprint density at radius 1 is 1.28 bits per heavy atom. The highest BCUT2D eigenvalue weighted by atomic mass is 16.5. The van der Waals surface area contributed by atoms with Gasteiger partial charge in [0, 0.05) is 5.41 Å². The summed E-state index contributed by atoms with van der Waals surface area (Å²) in [6.07, 6.45) is -0.0272. The Hall–Kier alpha value is -1.77. The molecule has 0 spiro atoms. The number of rotatable bonds is 0. The standard InChI is InChI=1S/C15H16O3/c1-8-6-5-7-10-11(8)13-12(14(16)18-10)15(3,4)9(2)17-13/h5-7,9H,1-4H3/t9-/m0/s1. The minimum Gasteiger partial charge on any atom is -0.488 e. The Bertz CT molecular complexity index is 695. The van der Waals surface area contributed by atoms with Crippen molar-refractivity contribution in [2.75, 3.05) is 0 Å². The zero-order valence-electron chi connectivity index (χ0n) is 11.0. The maximum absolute atomic E-state index is 12.2. The fourth-order valence-electron chi connectivity index (χ4n) is 2.59. The third kappa shape index (κ3) is 1.27. The molecule has 0 saturated heterocycles. The van der Waals surface area contributed by atoms with Crippen LogP contribution in [-0.2, 0) is 5.41 Å². The van der Waals surface area contributed by atoms with Crippen LogP contribution in [0.2, 0.25) is 0 Å². The molecule has 2 aromatic rings. The molecule has 0 aliphatic carbocycles. The second-order valence-corrected chi connectivity index (χ2v) is 5.52. The van der Waals surface area contributed by atoms with E-state index in [1.54, 1.807) is 0 Å². The lowest BCUT2D eigenvalue weighted by Crippen LogP contribution is -2.32. The minimum absolute atomic E-state index is 0.0272. The van der Waals surface area contributed by atoms with E-state index in [9.17, 15) is 4.79 Å². The van der Waals surface area contributed by atoms with Crippen LogP contribution in [0.15, 0.2) is 27.4 Å². The molecule has 3 heteroatoms. The van der Waals surface area contributed by atoms with Crippen molar-refractivity contribution in [2.45, 2.75) is 39.2 Å². The molecule has 94 valence electrons. The molecule has 0 fully saturated rings. The molecule has 18 heavy (non-hydrogen) atoms. The van der Waals surface area contributed by atoms with Crippen LogP contribution in [0, 0.1) is 6.92 Å². The lowest BCUT2D eigenvalue weighted by atomic mass is 9.82. The molecule has 1 atom stereocenters. The van der Waals surface area contributed by atoms with Crippen molar-refractivity contribution in [1.82, 2.24) is 0 Å². The fraction of sp³-hybridized carbons (Fsp3) is 0.400. The monoisotopic (exact) mass is 244 g/mol. The van der Waals surface area contributed by atoms with Crippen molar-refractivity contribution < 1.29 is 9.15 Å². The Morgan fingerprint density at radius 2 is 2.00 bits per heavy atom. The predicted molar refractivity (Wildman–Crippen MR) is 70.3 cm³/mol. The van der Waals surface area contributed by atoms with Crippen molar-refractivity contribution in [3.63, 3.8) is 0 Å². The summed E-state index contributed by atoms with van der Waals surface area (Å²) in [5.74, 6) is 0.705. The van der Waals surface area contributed by atoms with Gasteiger partial charge in [0.05, 0.1) is 10.9 Å². The molecule has 1 aromatic carbocycles. The summed E-state index contributed by atoms with van der Waals surface area (Å²) < 4.78 is 11.4. The lowest BCUT2D eigenvalue weighted by Gasteiger charge is -2.20. The first-order valence-electron chi connectivity index (χ1n) is 6.16. The van der Waals surface area contributed by atoms with Crippen LogP contribution in [0.5, 0.6) is 5.75 Å². The lowest BCUT2D eigenvalue weighted by molar-refractivity contribution is 0.187. The van der Waals surface area contributed by atoms with Gasteiger partial charge in [-0.2, -0.15) is 0 Å². The van der Waals surface area contributed by atoms with Crippen LogP contribution in [0.1, 0.15) is 31.9 Å². The second-order valence-electron chi connectivity index (χ2n) is 5.52. The van der Waals surface area contributed by atoms with Crippen LogP contribution in [0.3, 0.4) is 0 Å². The minimum atomic E-state index is -0.313. The number of fused-ring (bicyclic) bond motifs is 3. The van der Waals surface area contributed by atoms with E-state index in [-0.39, 0.29) is 17.1 Å². The zero-order valence-corrected chi connectivity index (χ0v) is 11.0. The molecular formula is C15H16O3. The molecule has 1 aliphatic heterocycles. The normalized spacial score (nSPS) is 20.8. The average Bonchev–Trinajstić information content (AvgIpc) is 2.50. The SMILES string of the molecule is Cc1cccc2oc(=O)c3c(c12)O[C@@H](C)C3(C)C. The number of hydrogen-bond acceptors (Lipinski definition) is 3. The van der Waals surface area contributed by atoms with E-state index in [4.69, 9.17) is 9.15 Å². The summed E-state index contributed by atoms with van der Waals surface area (Å²) in [5, 5.41) is 0.921. The zero-order chi connectivity index (χ0) is 13.1. The molecule has 0 amide bonds. The molecule has 0 saturated carbocycles. The number of benzene rings is 1. The van der Waals surface area contributed by atoms with Crippen molar-refractivity contribution >= 4 is 11.0 Å². The van der Waals surface area contributed by atoms with Gasteiger partial charge >= 0.3 is 5.63 Å². The van der Waals surface area contributed by atoms with Gasteiger partial charge in [-0.15, -0.1) is 0 Å². The predicted octanol–water partition coefficient (Wildman–Crippen LogP) is 3.16. The smallest absolute Gasteiger partial charge is 0.343 e. The van der Waals surface area contributed by atoms with Gasteiger partial charge in [-0.1, -0.05) is 26.0 Å². The Kier molecular flexibility index (Phi) is 2.12. The average molecular weight is 244 g/mol. The first-order valence-corrected chi connectivity index (χ1v) is 6.16. The Balaban J connectivity index is 2.51. The largest absolute Gasteiger partial charge is 0.488 e. The van der Waals surface area contributed by atoms with Gasteiger partial charge in [-0.3, -0.25) is 0 Å². The van der Waals surface area contributed by atoms with E-state index < -0.39 is 0 Å². The van der Waals surface area contributed by atoms with Gasteiger partial charge in [0.2, 0.25) is 0 Å². The quantitative estimate of drug-likeness (QED) is 0.668. The molecule has 0 radical (unpaired) electrons. The highest BCUT2D eigenvalue weighted by Gasteiger charge is 2.43. The molecule has 0 N–H and O–H groups in total.